The molecule has 0 bridgehead atoms. The quantitative estimate of drug-likeness (QED) is 0.850. The molecule has 0 aliphatic heterocycles. The van der Waals surface area contributed by atoms with Crippen molar-refractivity contribution in [2.24, 2.45) is 0 Å². The summed E-state index contributed by atoms with van der Waals surface area (Å²) in [6.45, 7) is 0.238. The van der Waals surface area contributed by atoms with Crippen LogP contribution >= 0.6 is 31.9 Å². The summed E-state index contributed by atoms with van der Waals surface area (Å²) in [4.78, 5) is 3.98. The van der Waals surface area contributed by atoms with Gasteiger partial charge >= 0.3 is 0 Å². The highest BCUT2D eigenvalue weighted by atomic mass is 79.9. The van der Waals surface area contributed by atoms with E-state index in [0.29, 0.717) is 4.47 Å². The molecule has 0 saturated carbocycles. The zero-order valence-electron chi connectivity index (χ0n) is 9.68. The average Bonchev–Trinajstić information content (AvgIpc) is 2.38. The summed E-state index contributed by atoms with van der Waals surface area (Å²) in [5.41, 5.74) is 0.884. The van der Waals surface area contributed by atoms with Crippen molar-refractivity contribution in [3.63, 3.8) is 0 Å². The maximum absolute atomic E-state index is 12.0. The summed E-state index contributed by atoms with van der Waals surface area (Å²) in [5, 5.41) is 0. The zero-order chi connectivity index (χ0) is 13.9. The Hall–Kier alpha value is -0.760. The van der Waals surface area contributed by atoms with Crippen molar-refractivity contribution < 1.29 is 8.42 Å². The van der Waals surface area contributed by atoms with Crippen molar-refractivity contribution >= 4 is 41.9 Å². The average molecular weight is 406 g/mol. The molecule has 0 aliphatic rings. The molecule has 0 unspecified atom stereocenters. The van der Waals surface area contributed by atoms with E-state index in [1.54, 1.807) is 0 Å². The van der Waals surface area contributed by atoms with E-state index < -0.39 is 10.0 Å². The van der Waals surface area contributed by atoms with Gasteiger partial charge in [-0.3, -0.25) is 4.98 Å². The summed E-state index contributed by atoms with van der Waals surface area (Å²) in [5.74, 6) is 0. The highest BCUT2D eigenvalue weighted by Gasteiger charge is 2.14. The fraction of sp³-hybridized carbons (Fsp3) is 0.0833. The predicted octanol–water partition coefficient (Wildman–Crippen LogP) is 3.09. The van der Waals surface area contributed by atoms with Crippen LogP contribution in [0.1, 0.15) is 5.56 Å². The minimum absolute atomic E-state index is 0.138. The lowest BCUT2D eigenvalue weighted by Gasteiger charge is -2.07. The Morgan fingerprint density at radius 2 is 1.74 bits per heavy atom. The second-order valence-electron chi connectivity index (χ2n) is 3.79. The Balaban J connectivity index is 2.12. The SMILES string of the molecule is O=S(=O)(NCc1ccc(Br)cc1)c1cncc(Br)c1. The lowest BCUT2D eigenvalue weighted by Crippen LogP contribution is -2.23. The molecule has 0 fully saturated rings. The molecule has 0 radical (unpaired) electrons. The largest absolute Gasteiger partial charge is 0.262 e. The van der Waals surface area contributed by atoms with Crippen LogP contribution in [-0.2, 0) is 16.6 Å². The molecule has 19 heavy (non-hydrogen) atoms. The van der Waals surface area contributed by atoms with E-state index >= 15 is 0 Å². The van der Waals surface area contributed by atoms with Crippen LogP contribution in [0.25, 0.3) is 0 Å². The first-order valence-electron chi connectivity index (χ1n) is 5.32. The summed E-state index contributed by atoms with van der Waals surface area (Å²) < 4.78 is 28.2. The molecule has 7 heteroatoms. The van der Waals surface area contributed by atoms with Gasteiger partial charge in [-0.1, -0.05) is 28.1 Å². The van der Waals surface area contributed by atoms with Crippen molar-refractivity contribution in [3.05, 3.63) is 57.2 Å². The second-order valence-corrected chi connectivity index (χ2v) is 7.39. The molecular weight excluding hydrogens is 396 g/mol. The van der Waals surface area contributed by atoms with Gasteiger partial charge in [-0.15, -0.1) is 0 Å². The van der Waals surface area contributed by atoms with Crippen LogP contribution in [0.5, 0.6) is 0 Å². The number of nitrogens with one attached hydrogen (secondary N) is 1. The smallest absolute Gasteiger partial charge is 0.242 e. The molecule has 2 rings (SSSR count). The summed E-state index contributed by atoms with van der Waals surface area (Å²) in [6.07, 6.45) is 2.85. The Kier molecular flexibility index (Phi) is 4.72. The van der Waals surface area contributed by atoms with Crippen LogP contribution < -0.4 is 4.72 Å². The first kappa shape index (κ1) is 14.6. The second kappa shape index (κ2) is 6.13. The minimum Gasteiger partial charge on any atom is -0.262 e. The summed E-state index contributed by atoms with van der Waals surface area (Å²) >= 11 is 6.53. The molecule has 1 aromatic heterocycles. The molecule has 4 nitrogen and oxygen atoms in total. The van der Waals surface area contributed by atoms with Gasteiger partial charge in [0.1, 0.15) is 4.90 Å². The number of benzene rings is 1. The standard InChI is InChI=1S/C12H10Br2N2O2S/c13-10-3-1-9(2-4-10)6-16-19(17,18)12-5-11(14)7-15-8-12/h1-5,7-8,16H,6H2. The van der Waals surface area contributed by atoms with Crippen molar-refractivity contribution in [3.8, 4) is 0 Å². The van der Waals surface area contributed by atoms with E-state index in [-0.39, 0.29) is 11.4 Å². The fourth-order valence-electron chi connectivity index (χ4n) is 1.40. The molecule has 0 aliphatic carbocycles. The van der Waals surface area contributed by atoms with E-state index in [0.717, 1.165) is 10.0 Å². The Labute approximate surface area is 128 Å². The van der Waals surface area contributed by atoms with Gasteiger partial charge in [0.15, 0.2) is 0 Å². The number of pyridine rings is 1. The summed E-state index contributed by atoms with van der Waals surface area (Å²) in [6, 6.07) is 8.95. The number of rotatable bonds is 4. The monoisotopic (exact) mass is 404 g/mol. The van der Waals surface area contributed by atoms with E-state index in [4.69, 9.17) is 0 Å². The van der Waals surface area contributed by atoms with Crippen LogP contribution in [0.3, 0.4) is 0 Å². The van der Waals surface area contributed by atoms with Gasteiger partial charge in [-0.2, -0.15) is 0 Å². The first-order valence-corrected chi connectivity index (χ1v) is 8.39. The Morgan fingerprint density at radius 3 is 2.37 bits per heavy atom. The number of hydrogen-bond donors (Lipinski definition) is 1. The van der Waals surface area contributed by atoms with E-state index in [2.05, 4.69) is 41.6 Å². The van der Waals surface area contributed by atoms with E-state index in [1.165, 1.54) is 18.5 Å². The Morgan fingerprint density at radius 1 is 1.05 bits per heavy atom. The third-order valence-electron chi connectivity index (χ3n) is 2.37. The number of nitrogens with zero attached hydrogens (tertiary/aromatic N) is 1. The van der Waals surface area contributed by atoms with Crippen molar-refractivity contribution in [1.82, 2.24) is 9.71 Å². The molecule has 0 amide bonds. The van der Waals surface area contributed by atoms with Crippen molar-refractivity contribution in [2.45, 2.75) is 11.4 Å². The lowest BCUT2D eigenvalue weighted by molar-refractivity contribution is 0.581. The van der Waals surface area contributed by atoms with Crippen LogP contribution in [0.4, 0.5) is 0 Å². The molecule has 1 aromatic carbocycles. The van der Waals surface area contributed by atoms with Gasteiger partial charge in [-0.25, -0.2) is 13.1 Å². The number of hydrogen-bond acceptors (Lipinski definition) is 3. The number of halogens is 2. The molecule has 1 heterocycles. The molecule has 0 saturated heterocycles. The van der Waals surface area contributed by atoms with Gasteiger partial charge < -0.3 is 0 Å². The van der Waals surface area contributed by atoms with Crippen molar-refractivity contribution in [2.75, 3.05) is 0 Å². The molecule has 1 N–H and O–H groups in total. The Bertz CT molecular complexity index is 672. The van der Waals surface area contributed by atoms with Crippen molar-refractivity contribution in [1.29, 1.82) is 0 Å². The molecule has 0 atom stereocenters. The topological polar surface area (TPSA) is 59.1 Å². The van der Waals surface area contributed by atoms with Crippen LogP contribution in [0, 0.1) is 0 Å². The minimum atomic E-state index is -3.55. The van der Waals surface area contributed by atoms with Gasteiger partial charge in [0.25, 0.3) is 0 Å². The fourth-order valence-corrected chi connectivity index (χ4v) is 3.19. The molecule has 2 aromatic rings. The molecule has 100 valence electrons. The maximum Gasteiger partial charge on any atom is 0.242 e. The lowest BCUT2D eigenvalue weighted by atomic mass is 10.2. The third-order valence-corrected chi connectivity index (χ3v) is 4.70. The normalized spacial score (nSPS) is 11.5. The van der Waals surface area contributed by atoms with Gasteiger partial charge in [0.2, 0.25) is 10.0 Å². The number of aromatic nitrogens is 1. The van der Waals surface area contributed by atoms with Gasteiger partial charge in [0, 0.05) is 27.9 Å². The first-order chi connectivity index (χ1) is 8.97. The van der Waals surface area contributed by atoms with Gasteiger partial charge in [0.05, 0.1) is 0 Å². The molecule has 0 spiro atoms. The highest BCUT2D eigenvalue weighted by Crippen LogP contribution is 2.15. The van der Waals surface area contributed by atoms with Crippen LogP contribution in [0.2, 0.25) is 0 Å². The third kappa shape index (κ3) is 4.10. The number of sulfonamides is 1. The van der Waals surface area contributed by atoms with Crippen LogP contribution in [0.15, 0.2) is 56.6 Å². The van der Waals surface area contributed by atoms with E-state index in [1.807, 2.05) is 24.3 Å². The predicted molar refractivity (Wildman–Crippen MR) is 80.1 cm³/mol. The molecular formula is C12H10Br2N2O2S. The zero-order valence-corrected chi connectivity index (χ0v) is 13.7. The van der Waals surface area contributed by atoms with E-state index in [9.17, 15) is 8.42 Å². The van der Waals surface area contributed by atoms with Gasteiger partial charge in [-0.05, 0) is 39.7 Å². The summed E-state index contributed by atoms with van der Waals surface area (Å²) in [7, 11) is -3.55. The maximum atomic E-state index is 12.0. The highest BCUT2D eigenvalue weighted by molar-refractivity contribution is 9.10. The van der Waals surface area contributed by atoms with Crippen LogP contribution in [-0.4, -0.2) is 13.4 Å².